The number of rotatable bonds is 6. The van der Waals surface area contributed by atoms with E-state index in [4.69, 9.17) is 25.5 Å². The van der Waals surface area contributed by atoms with E-state index in [9.17, 15) is 4.79 Å². The van der Waals surface area contributed by atoms with Crippen molar-refractivity contribution in [2.75, 3.05) is 6.61 Å². The molecule has 0 N–H and O–H groups in total. The molecule has 0 saturated carbocycles. The molecule has 118 valence electrons. The fourth-order valence-electron chi connectivity index (χ4n) is 1.76. The van der Waals surface area contributed by atoms with E-state index in [1.807, 2.05) is 17.5 Å². The first-order chi connectivity index (χ1) is 11.2. The average Bonchev–Trinajstić information content (AvgIpc) is 3.23. The predicted molar refractivity (Wildman–Crippen MR) is 86.6 cm³/mol. The van der Waals surface area contributed by atoms with E-state index in [0.717, 1.165) is 4.88 Å². The van der Waals surface area contributed by atoms with Gasteiger partial charge in [-0.3, -0.25) is 0 Å². The van der Waals surface area contributed by atoms with Crippen LogP contribution in [0.4, 0.5) is 0 Å². The number of thiophene rings is 1. The zero-order valence-electron chi connectivity index (χ0n) is 11.9. The Balaban J connectivity index is 1.46. The number of ether oxygens (including phenoxy) is 2. The molecule has 0 unspecified atom stereocenters. The second-order valence-corrected chi connectivity index (χ2v) is 5.91. The summed E-state index contributed by atoms with van der Waals surface area (Å²) in [6, 6.07) is 10.6. The number of carbonyl (C=O) groups is 1. The largest absolute Gasteiger partial charge is 0.482 e. The highest BCUT2D eigenvalue weighted by atomic mass is 35.5. The molecule has 3 rings (SSSR count). The van der Waals surface area contributed by atoms with Crippen LogP contribution in [0.2, 0.25) is 5.02 Å². The van der Waals surface area contributed by atoms with Gasteiger partial charge < -0.3 is 13.9 Å². The number of hydrogen-bond acceptors (Lipinski definition) is 6. The number of nitrogens with zero attached hydrogens (tertiary/aromatic N) is 1. The van der Waals surface area contributed by atoms with Gasteiger partial charge in [0.05, 0.1) is 4.88 Å². The van der Waals surface area contributed by atoms with E-state index in [2.05, 4.69) is 4.98 Å². The number of oxazole rings is 1. The topological polar surface area (TPSA) is 61.6 Å². The normalized spacial score (nSPS) is 10.5. The molecule has 1 aromatic carbocycles. The quantitative estimate of drug-likeness (QED) is 0.625. The molecule has 0 saturated heterocycles. The Bertz CT molecular complexity index is 768. The highest BCUT2D eigenvalue weighted by molar-refractivity contribution is 7.13. The smallest absolute Gasteiger partial charge is 0.344 e. The Kier molecular flexibility index (Phi) is 4.95. The third-order valence-electron chi connectivity index (χ3n) is 2.84. The molecular formula is C16H12ClNO4S. The first kappa shape index (κ1) is 15.6. The molecule has 23 heavy (non-hydrogen) atoms. The third-order valence-corrected chi connectivity index (χ3v) is 3.94. The Hall–Kier alpha value is -2.31. The Morgan fingerprint density at radius 1 is 1.26 bits per heavy atom. The zero-order chi connectivity index (χ0) is 16.1. The first-order valence-corrected chi connectivity index (χ1v) is 7.99. The molecule has 2 heterocycles. The monoisotopic (exact) mass is 349 g/mol. The molecule has 0 amide bonds. The Labute approximate surface area is 141 Å². The van der Waals surface area contributed by atoms with E-state index in [1.165, 1.54) is 17.6 Å². The van der Waals surface area contributed by atoms with Crippen LogP contribution in [0.1, 0.15) is 5.69 Å². The summed E-state index contributed by atoms with van der Waals surface area (Å²) in [7, 11) is 0. The Morgan fingerprint density at radius 3 is 2.83 bits per heavy atom. The minimum atomic E-state index is -0.486. The fraction of sp³-hybridized carbons (Fsp3) is 0.125. The predicted octanol–water partition coefficient (Wildman–Crippen LogP) is 4.18. The van der Waals surface area contributed by atoms with Crippen LogP contribution >= 0.6 is 22.9 Å². The molecule has 0 bridgehead atoms. The Morgan fingerprint density at radius 2 is 2.09 bits per heavy atom. The van der Waals surface area contributed by atoms with Crippen LogP contribution in [0.25, 0.3) is 10.8 Å². The van der Waals surface area contributed by atoms with Gasteiger partial charge in [-0.15, -0.1) is 11.3 Å². The standard InChI is InChI=1S/C16H12ClNO4S/c17-11-3-5-13(6-4-11)20-10-15(19)21-8-12-9-22-16(18-12)14-2-1-7-23-14/h1-7,9H,8,10H2. The highest BCUT2D eigenvalue weighted by Crippen LogP contribution is 2.23. The van der Waals surface area contributed by atoms with E-state index in [-0.39, 0.29) is 13.2 Å². The van der Waals surface area contributed by atoms with Gasteiger partial charge in [0.1, 0.15) is 24.3 Å². The maximum Gasteiger partial charge on any atom is 0.344 e. The fourth-order valence-corrected chi connectivity index (χ4v) is 2.54. The van der Waals surface area contributed by atoms with Crippen molar-refractivity contribution in [3.8, 4) is 16.5 Å². The maximum absolute atomic E-state index is 11.7. The SMILES string of the molecule is O=C(COc1ccc(Cl)cc1)OCc1coc(-c2cccs2)n1. The van der Waals surface area contributed by atoms with Gasteiger partial charge in [-0.1, -0.05) is 17.7 Å². The molecule has 0 radical (unpaired) electrons. The second-order valence-electron chi connectivity index (χ2n) is 4.52. The molecule has 0 fully saturated rings. The molecule has 5 nitrogen and oxygen atoms in total. The van der Waals surface area contributed by atoms with E-state index in [0.29, 0.717) is 22.4 Å². The zero-order valence-corrected chi connectivity index (χ0v) is 13.5. The number of halogens is 1. The van der Waals surface area contributed by atoms with Crippen LogP contribution < -0.4 is 4.74 Å². The summed E-state index contributed by atoms with van der Waals surface area (Å²) in [6.07, 6.45) is 1.47. The lowest BCUT2D eigenvalue weighted by Crippen LogP contribution is -2.14. The van der Waals surface area contributed by atoms with Crippen molar-refractivity contribution in [3.63, 3.8) is 0 Å². The van der Waals surface area contributed by atoms with Crippen LogP contribution in [0.15, 0.2) is 52.5 Å². The van der Waals surface area contributed by atoms with Crippen molar-refractivity contribution >= 4 is 28.9 Å². The van der Waals surface area contributed by atoms with E-state index < -0.39 is 5.97 Å². The lowest BCUT2D eigenvalue weighted by molar-refractivity contribution is -0.147. The molecule has 3 aromatic rings. The lowest BCUT2D eigenvalue weighted by Gasteiger charge is -2.05. The molecular weight excluding hydrogens is 338 g/mol. The van der Waals surface area contributed by atoms with Crippen molar-refractivity contribution in [2.24, 2.45) is 0 Å². The van der Waals surface area contributed by atoms with Gasteiger partial charge in [-0.25, -0.2) is 9.78 Å². The van der Waals surface area contributed by atoms with Gasteiger partial charge in [0.25, 0.3) is 0 Å². The van der Waals surface area contributed by atoms with Crippen LogP contribution in [0.3, 0.4) is 0 Å². The van der Waals surface area contributed by atoms with Crippen molar-refractivity contribution in [1.29, 1.82) is 0 Å². The molecule has 0 aliphatic carbocycles. The summed E-state index contributed by atoms with van der Waals surface area (Å²) in [5.41, 5.74) is 0.549. The first-order valence-electron chi connectivity index (χ1n) is 6.73. The van der Waals surface area contributed by atoms with Crippen LogP contribution in [0.5, 0.6) is 5.75 Å². The minimum Gasteiger partial charge on any atom is -0.482 e. The van der Waals surface area contributed by atoms with Crippen LogP contribution in [-0.2, 0) is 16.1 Å². The summed E-state index contributed by atoms with van der Waals surface area (Å²) >= 11 is 7.30. The molecule has 7 heteroatoms. The number of benzene rings is 1. The average molecular weight is 350 g/mol. The molecule has 0 aliphatic heterocycles. The second kappa shape index (κ2) is 7.30. The molecule has 0 aliphatic rings. The number of aromatic nitrogens is 1. The molecule has 0 spiro atoms. The van der Waals surface area contributed by atoms with Gasteiger partial charge >= 0.3 is 5.97 Å². The van der Waals surface area contributed by atoms with Gasteiger partial charge in [0.15, 0.2) is 6.61 Å². The van der Waals surface area contributed by atoms with Gasteiger partial charge in [-0.2, -0.15) is 0 Å². The van der Waals surface area contributed by atoms with Gasteiger partial charge in [0.2, 0.25) is 5.89 Å². The minimum absolute atomic E-state index is 0.0394. The summed E-state index contributed by atoms with van der Waals surface area (Å²) in [6.45, 7) is -0.144. The number of hydrogen-bond donors (Lipinski definition) is 0. The molecule has 0 atom stereocenters. The van der Waals surface area contributed by atoms with E-state index in [1.54, 1.807) is 24.3 Å². The van der Waals surface area contributed by atoms with Crippen molar-refractivity contribution < 1.29 is 18.7 Å². The third kappa shape index (κ3) is 4.34. The van der Waals surface area contributed by atoms with Crippen LogP contribution in [-0.4, -0.2) is 17.6 Å². The summed E-state index contributed by atoms with van der Waals surface area (Å²) < 4.78 is 15.7. The van der Waals surface area contributed by atoms with Crippen molar-refractivity contribution in [1.82, 2.24) is 4.98 Å². The highest BCUT2D eigenvalue weighted by Gasteiger charge is 2.10. The summed E-state index contributed by atoms with van der Waals surface area (Å²) in [5, 5.41) is 2.54. The summed E-state index contributed by atoms with van der Waals surface area (Å²) in [5.74, 6) is 0.580. The number of carbonyl (C=O) groups excluding carboxylic acids is 1. The lowest BCUT2D eigenvalue weighted by atomic mass is 10.3. The number of esters is 1. The maximum atomic E-state index is 11.7. The van der Waals surface area contributed by atoms with Gasteiger partial charge in [0, 0.05) is 5.02 Å². The van der Waals surface area contributed by atoms with Crippen molar-refractivity contribution in [2.45, 2.75) is 6.61 Å². The molecule has 2 aromatic heterocycles. The van der Waals surface area contributed by atoms with Crippen LogP contribution in [0, 0.1) is 0 Å². The van der Waals surface area contributed by atoms with E-state index >= 15 is 0 Å². The van der Waals surface area contributed by atoms with Gasteiger partial charge in [-0.05, 0) is 35.7 Å². The summed E-state index contributed by atoms with van der Waals surface area (Å²) in [4.78, 5) is 16.9. The van der Waals surface area contributed by atoms with Crippen molar-refractivity contribution in [3.05, 3.63) is 58.8 Å².